The summed E-state index contributed by atoms with van der Waals surface area (Å²) in [4.78, 5) is 13.4. The second-order valence-corrected chi connectivity index (χ2v) is 13.9. The number of carbonyl (C=O) groups excluding carboxylic acids is 1. The normalized spacial score (nSPS) is 23.9. The van der Waals surface area contributed by atoms with E-state index in [0.717, 1.165) is 5.69 Å². The minimum Gasteiger partial charge on any atom is -0.378 e. The van der Waals surface area contributed by atoms with Gasteiger partial charge in [0.15, 0.2) is 0 Å². The van der Waals surface area contributed by atoms with E-state index in [1.807, 2.05) is 12.1 Å². The summed E-state index contributed by atoms with van der Waals surface area (Å²) in [5.74, 6) is 2.06. The summed E-state index contributed by atoms with van der Waals surface area (Å²) in [5, 5.41) is 7.12. The van der Waals surface area contributed by atoms with E-state index in [1.54, 1.807) is 24.3 Å². The zero-order valence-corrected chi connectivity index (χ0v) is 24.9. The molecule has 2 aliphatic carbocycles. The molecule has 0 spiro atoms. The molecule has 4 aromatic rings. The van der Waals surface area contributed by atoms with Gasteiger partial charge in [-0.05, 0) is 109 Å². The van der Waals surface area contributed by atoms with Gasteiger partial charge in [0, 0.05) is 16.9 Å². The average molecular weight is 619 g/mol. The summed E-state index contributed by atoms with van der Waals surface area (Å²) in [6, 6.07) is 27.7. The molecule has 2 fully saturated rings. The molecular weight excluding hydrogens is 589 g/mol. The molecule has 2 saturated carbocycles. The molecule has 4 aromatic carbocycles. The van der Waals surface area contributed by atoms with E-state index in [1.165, 1.54) is 48.6 Å². The molecular formula is C33H29Cl2N3O3S. The van der Waals surface area contributed by atoms with Crippen molar-refractivity contribution in [2.24, 2.45) is 17.8 Å². The summed E-state index contributed by atoms with van der Waals surface area (Å²) in [6.07, 6.45) is 3.78. The van der Waals surface area contributed by atoms with Gasteiger partial charge in [0.25, 0.3) is 15.9 Å². The lowest BCUT2D eigenvalue weighted by Gasteiger charge is -2.43. The number of anilines is 3. The van der Waals surface area contributed by atoms with Crippen LogP contribution in [0.5, 0.6) is 0 Å². The first-order valence-electron chi connectivity index (χ1n) is 14.1. The molecule has 0 aromatic heterocycles. The van der Waals surface area contributed by atoms with E-state index in [0.29, 0.717) is 34.9 Å². The second-order valence-electron chi connectivity index (χ2n) is 11.5. The second kappa shape index (κ2) is 10.6. The molecule has 7 rings (SSSR count). The number of carbonyl (C=O) groups is 1. The highest BCUT2D eigenvalue weighted by Crippen LogP contribution is 2.63. The van der Waals surface area contributed by atoms with Crippen LogP contribution < -0.4 is 15.4 Å². The number of amides is 1. The summed E-state index contributed by atoms with van der Waals surface area (Å²) < 4.78 is 28.3. The Morgan fingerprint density at radius 2 is 1.62 bits per heavy atom. The topological polar surface area (TPSA) is 87.3 Å². The van der Waals surface area contributed by atoms with Gasteiger partial charge in [0.2, 0.25) is 0 Å². The van der Waals surface area contributed by atoms with Crippen molar-refractivity contribution in [3.05, 3.63) is 118 Å². The lowest BCUT2D eigenvalue weighted by atomic mass is 9.68. The number of hydrogen-bond acceptors (Lipinski definition) is 4. The number of benzene rings is 4. The van der Waals surface area contributed by atoms with Crippen LogP contribution in [0.15, 0.2) is 95.9 Å². The fourth-order valence-corrected chi connectivity index (χ4v) is 8.80. The number of rotatable bonds is 6. The van der Waals surface area contributed by atoms with Crippen LogP contribution in [0.3, 0.4) is 0 Å². The Morgan fingerprint density at radius 1 is 0.857 bits per heavy atom. The molecule has 2 bridgehead atoms. The predicted molar refractivity (Wildman–Crippen MR) is 168 cm³/mol. The number of hydrogen-bond donors (Lipinski definition) is 3. The predicted octanol–water partition coefficient (Wildman–Crippen LogP) is 8.34. The first-order chi connectivity index (χ1) is 20.3. The minimum atomic E-state index is -3.91. The van der Waals surface area contributed by atoms with Gasteiger partial charge in [0.1, 0.15) is 0 Å². The van der Waals surface area contributed by atoms with Crippen LogP contribution >= 0.6 is 23.2 Å². The van der Waals surface area contributed by atoms with Crippen molar-refractivity contribution < 1.29 is 13.2 Å². The van der Waals surface area contributed by atoms with E-state index in [4.69, 9.17) is 23.2 Å². The summed E-state index contributed by atoms with van der Waals surface area (Å²) in [6.45, 7) is 0. The molecule has 1 heterocycles. The standard InChI is InChI=1S/C33H29Cl2N3O3S/c34-26-7-4-8-28(31(26)35)38-42(40,41)24-14-12-23(13-15-24)36-33(39)22-11-16-27-25(18-22)29-20-9-10-21(17-20)30(29)32(37-27)19-5-2-1-3-6-19/h1-8,11-16,18,20-21,29-30,32,37-38H,9-10,17H2,(H,36,39)/t20-,21-,29-,30+,32-/m0/s1. The van der Waals surface area contributed by atoms with Gasteiger partial charge in [-0.3, -0.25) is 9.52 Å². The van der Waals surface area contributed by atoms with Crippen molar-refractivity contribution in [1.29, 1.82) is 0 Å². The highest BCUT2D eigenvalue weighted by atomic mass is 35.5. The van der Waals surface area contributed by atoms with Crippen LogP contribution in [0.1, 0.15) is 52.7 Å². The molecule has 9 heteroatoms. The van der Waals surface area contributed by atoms with Gasteiger partial charge < -0.3 is 10.6 Å². The van der Waals surface area contributed by atoms with Gasteiger partial charge >= 0.3 is 0 Å². The largest absolute Gasteiger partial charge is 0.378 e. The zero-order chi connectivity index (χ0) is 29.0. The van der Waals surface area contributed by atoms with Crippen molar-refractivity contribution in [3.8, 4) is 0 Å². The smallest absolute Gasteiger partial charge is 0.261 e. The van der Waals surface area contributed by atoms with Crippen LogP contribution in [0, 0.1) is 17.8 Å². The lowest BCUT2D eigenvalue weighted by Crippen LogP contribution is -2.35. The molecule has 0 unspecified atom stereocenters. The lowest BCUT2D eigenvalue weighted by molar-refractivity contribution is 0.102. The Labute approximate surface area is 255 Å². The molecule has 0 saturated heterocycles. The summed E-state index contributed by atoms with van der Waals surface area (Å²) in [5.41, 5.74) is 4.94. The maximum Gasteiger partial charge on any atom is 0.261 e. The third-order valence-corrected chi connectivity index (χ3v) is 11.3. The van der Waals surface area contributed by atoms with Crippen molar-refractivity contribution >= 4 is 56.2 Å². The van der Waals surface area contributed by atoms with Crippen LogP contribution in [0.4, 0.5) is 17.1 Å². The van der Waals surface area contributed by atoms with Gasteiger partial charge in [-0.25, -0.2) is 8.42 Å². The molecule has 3 aliphatic rings. The van der Waals surface area contributed by atoms with Gasteiger partial charge in [0.05, 0.1) is 26.7 Å². The Kier molecular flexibility index (Phi) is 6.92. The minimum absolute atomic E-state index is 0.0340. The molecule has 1 amide bonds. The van der Waals surface area contributed by atoms with E-state index >= 15 is 0 Å². The Bertz CT molecular complexity index is 1780. The van der Waals surface area contributed by atoms with Crippen LogP contribution in [-0.2, 0) is 10.0 Å². The van der Waals surface area contributed by atoms with Crippen molar-refractivity contribution in [2.75, 3.05) is 15.4 Å². The van der Waals surface area contributed by atoms with E-state index in [2.05, 4.69) is 51.8 Å². The van der Waals surface area contributed by atoms with Crippen molar-refractivity contribution in [1.82, 2.24) is 0 Å². The van der Waals surface area contributed by atoms with E-state index < -0.39 is 10.0 Å². The van der Waals surface area contributed by atoms with Crippen LogP contribution in [-0.4, -0.2) is 14.3 Å². The van der Waals surface area contributed by atoms with Crippen LogP contribution in [0.2, 0.25) is 10.0 Å². The van der Waals surface area contributed by atoms with Crippen molar-refractivity contribution in [2.45, 2.75) is 36.1 Å². The van der Waals surface area contributed by atoms with Crippen molar-refractivity contribution in [3.63, 3.8) is 0 Å². The molecule has 0 radical (unpaired) electrons. The molecule has 214 valence electrons. The monoisotopic (exact) mass is 617 g/mol. The van der Waals surface area contributed by atoms with Gasteiger partial charge in [-0.15, -0.1) is 0 Å². The summed E-state index contributed by atoms with van der Waals surface area (Å²) >= 11 is 12.2. The number of nitrogens with one attached hydrogen (secondary N) is 3. The Balaban J connectivity index is 1.10. The highest BCUT2D eigenvalue weighted by molar-refractivity contribution is 7.92. The maximum absolute atomic E-state index is 13.3. The first kappa shape index (κ1) is 27.3. The van der Waals surface area contributed by atoms with E-state index in [9.17, 15) is 13.2 Å². The molecule has 3 N–H and O–H groups in total. The number of sulfonamides is 1. The molecule has 5 atom stereocenters. The number of fused-ring (bicyclic) bond motifs is 7. The zero-order valence-electron chi connectivity index (χ0n) is 22.6. The fraction of sp³-hybridized carbons (Fsp3) is 0.242. The third-order valence-electron chi connectivity index (χ3n) is 9.13. The van der Waals surface area contributed by atoms with Gasteiger partial charge in [-0.1, -0.05) is 59.6 Å². The van der Waals surface area contributed by atoms with Gasteiger partial charge in [-0.2, -0.15) is 0 Å². The highest BCUT2D eigenvalue weighted by Gasteiger charge is 2.53. The molecule has 6 nitrogen and oxygen atoms in total. The third kappa shape index (κ3) is 4.83. The number of halogens is 2. The quantitative estimate of drug-likeness (QED) is 0.203. The molecule has 1 aliphatic heterocycles. The van der Waals surface area contributed by atoms with E-state index in [-0.39, 0.29) is 32.6 Å². The summed E-state index contributed by atoms with van der Waals surface area (Å²) in [7, 11) is -3.91. The maximum atomic E-state index is 13.3. The SMILES string of the molecule is O=C(Nc1ccc(S(=O)(=O)Nc2cccc(Cl)c2Cl)cc1)c1ccc2c(c1)[C@@H]1[C@H]3CC[C@@H](C3)[C@H]1[C@H](c1ccccc1)N2. The first-order valence-corrected chi connectivity index (χ1v) is 16.4. The Hall–Kier alpha value is -3.52. The molecule has 42 heavy (non-hydrogen) atoms. The Morgan fingerprint density at radius 3 is 2.40 bits per heavy atom. The average Bonchev–Trinajstić information content (AvgIpc) is 3.63. The fourth-order valence-electron chi connectivity index (χ4n) is 7.32. The van der Waals surface area contributed by atoms with Crippen LogP contribution in [0.25, 0.3) is 0 Å².